The van der Waals surface area contributed by atoms with Gasteiger partial charge < -0.3 is 18.9 Å². The Kier molecular flexibility index (Phi) is 4.35. The minimum atomic E-state index is 0.604. The fourth-order valence-corrected chi connectivity index (χ4v) is 1.97. The molecule has 4 heteroatoms. The number of hydrogen-bond donors (Lipinski definition) is 0. The summed E-state index contributed by atoms with van der Waals surface area (Å²) in [6, 6.07) is 12.4. The highest BCUT2D eigenvalue weighted by atomic mass is 16.5. The number of hydrogen-bond acceptors (Lipinski definition) is 4. The van der Waals surface area contributed by atoms with Crippen LogP contribution in [0.25, 0.3) is 11.1 Å². The van der Waals surface area contributed by atoms with E-state index in [9.17, 15) is 0 Å². The van der Waals surface area contributed by atoms with Crippen molar-refractivity contribution in [3.05, 3.63) is 36.4 Å². The highest BCUT2D eigenvalue weighted by Gasteiger charge is 2.13. The highest BCUT2D eigenvalue weighted by Crippen LogP contribution is 2.39. The molecule has 4 nitrogen and oxygen atoms in total. The van der Waals surface area contributed by atoms with E-state index >= 15 is 0 Å². The van der Waals surface area contributed by atoms with Gasteiger partial charge in [0.15, 0.2) is 0 Å². The molecule has 0 aliphatic carbocycles. The maximum absolute atomic E-state index is 5.42. The van der Waals surface area contributed by atoms with Crippen LogP contribution in [0, 0.1) is 6.07 Å². The van der Waals surface area contributed by atoms with Crippen molar-refractivity contribution in [2.24, 2.45) is 0 Å². The zero-order valence-electron chi connectivity index (χ0n) is 12.0. The summed E-state index contributed by atoms with van der Waals surface area (Å²) < 4.78 is 21.1. The molecular formula is C16H17O4. The Morgan fingerprint density at radius 1 is 0.750 bits per heavy atom. The third-order valence-electron chi connectivity index (χ3n) is 3.01. The molecule has 1 radical (unpaired) electrons. The fraction of sp³-hybridized carbons (Fsp3) is 0.250. The summed E-state index contributed by atoms with van der Waals surface area (Å²) in [6.45, 7) is 0. The second-order valence-electron chi connectivity index (χ2n) is 4.04. The van der Waals surface area contributed by atoms with E-state index in [2.05, 4.69) is 6.07 Å². The molecule has 2 aromatic carbocycles. The Bertz CT molecular complexity index is 540. The Labute approximate surface area is 118 Å². The predicted molar refractivity (Wildman–Crippen MR) is 76.9 cm³/mol. The predicted octanol–water partition coefficient (Wildman–Crippen LogP) is 3.19. The van der Waals surface area contributed by atoms with Crippen LogP contribution in [-0.4, -0.2) is 28.4 Å². The van der Waals surface area contributed by atoms with Gasteiger partial charge in [-0.1, -0.05) is 0 Å². The molecule has 0 unspecified atom stereocenters. The van der Waals surface area contributed by atoms with E-state index < -0.39 is 0 Å². The monoisotopic (exact) mass is 273 g/mol. The van der Waals surface area contributed by atoms with Gasteiger partial charge in [-0.25, -0.2) is 0 Å². The maximum atomic E-state index is 5.42. The first-order valence-corrected chi connectivity index (χ1v) is 6.10. The largest absolute Gasteiger partial charge is 0.497 e. The summed E-state index contributed by atoms with van der Waals surface area (Å²) in [7, 11) is 6.44. The molecule has 105 valence electrons. The molecule has 0 aliphatic heterocycles. The lowest BCUT2D eigenvalue weighted by Gasteiger charge is -2.14. The lowest BCUT2D eigenvalue weighted by molar-refractivity contribution is 0.390. The van der Waals surface area contributed by atoms with Crippen molar-refractivity contribution in [2.45, 2.75) is 0 Å². The summed E-state index contributed by atoms with van der Waals surface area (Å²) in [4.78, 5) is 0. The van der Waals surface area contributed by atoms with Gasteiger partial charge in [0.2, 0.25) is 0 Å². The molecule has 20 heavy (non-hydrogen) atoms. The third kappa shape index (κ3) is 2.64. The van der Waals surface area contributed by atoms with Crippen LogP contribution in [0.5, 0.6) is 23.0 Å². The molecule has 0 aromatic heterocycles. The van der Waals surface area contributed by atoms with Crippen molar-refractivity contribution in [2.75, 3.05) is 28.4 Å². The van der Waals surface area contributed by atoms with E-state index in [1.165, 1.54) is 0 Å². The average Bonchev–Trinajstić information content (AvgIpc) is 2.53. The van der Waals surface area contributed by atoms with E-state index in [0.717, 1.165) is 16.9 Å². The van der Waals surface area contributed by atoms with Gasteiger partial charge in [0.25, 0.3) is 0 Å². The van der Waals surface area contributed by atoms with Crippen LogP contribution in [0.1, 0.15) is 0 Å². The summed E-state index contributed by atoms with van der Waals surface area (Å²) in [6.07, 6.45) is 0. The Morgan fingerprint density at radius 3 is 2.10 bits per heavy atom. The van der Waals surface area contributed by atoms with E-state index in [1.54, 1.807) is 28.4 Å². The molecule has 0 bridgehead atoms. The Hall–Kier alpha value is -2.36. The van der Waals surface area contributed by atoms with Crippen molar-refractivity contribution in [1.82, 2.24) is 0 Å². The van der Waals surface area contributed by atoms with Crippen LogP contribution in [0.3, 0.4) is 0 Å². The standard InChI is InChI=1S/C16H17O4/c1-17-11-5-7-13(15(9-11)19-3)14-8-6-12(18-2)10-16(14)20-4/h5-9H,1-4H3. The number of methoxy groups -OCH3 is 4. The van der Waals surface area contributed by atoms with E-state index in [0.29, 0.717) is 17.2 Å². The van der Waals surface area contributed by atoms with E-state index in [-0.39, 0.29) is 0 Å². The number of ether oxygens (including phenoxy) is 4. The smallest absolute Gasteiger partial charge is 0.138 e. The molecule has 2 rings (SSSR count). The van der Waals surface area contributed by atoms with E-state index in [4.69, 9.17) is 18.9 Å². The summed E-state index contributed by atoms with van der Waals surface area (Å²) in [5, 5.41) is 0. The zero-order valence-corrected chi connectivity index (χ0v) is 12.0. The molecular weight excluding hydrogens is 256 g/mol. The van der Waals surface area contributed by atoms with Gasteiger partial charge in [-0.15, -0.1) is 0 Å². The quantitative estimate of drug-likeness (QED) is 0.838. The van der Waals surface area contributed by atoms with Crippen molar-refractivity contribution >= 4 is 0 Å². The van der Waals surface area contributed by atoms with Gasteiger partial charge >= 0.3 is 0 Å². The molecule has 0 aliphatic rings. The van der Waals surface area contributed by atoms with Gasteiger partial charge in [0, 0.05) is 17.2 Å². The SMILES string of the molecule is COc1[c]c(OC)c(-c2ccc(OC)cc2OC)cc1. The topological polar surface area (TPSA) is 36.9 Å². The van der Waals surface area contributed by atoms with Crippen molar-refractivity contribution in [3.63, 3.8) is 0 Å². The Balaban J connectivity index is 2.55. The summed E-state index contributed by atoms with van der Waals surface area (Å²) in [5.41, 5.74) is 1.79. The summed E-state index contributed by atoms with van der Waals surface area (Å²) >= 11 is 0. The number of rotatable bonds is 5. The molecule has 0 spiro atoms. The molecule has 0 atom stereocenters. The second kappa shape index (κ2) is 6.19. The molecule has 0 fully saturated rings. The van der Waals surface area contributed by atoms with Crippen LogP contribution < -0.4 is 18.9 Å². The normalized spacial score (nSPS) is 10.0. The van der Waals surface area contributed by atoms with Crippen molar-refractivity contribution in [1.29, 1.82) is 0 Å². The van der Waals surface area contributed by atoms with Gasteiger partial charge in [-0.05, 0) is 24.3 Å². The maximum Gasteiger partial charge on any atom is 0.138 e. The van der Waals surface area contributed by atoms with E-state index in [1.807, 2.05) is 30.3 Å². The highest BCUT2D eigenvalue weighted by molar-refractivity contribution is 5.77. The minimum Gasteiger partial charge on any atom is -0.497 e. The minimum absolute atomic E-state index is 0.604. The van der Waals surface area contributed by atoms with Crippen LogP contribution in [0.2, 0.25) is 0 Å². The van der Waals surface area contributed by atoms with Gasteiger partial charge in [0.1, 0.15) is 23.0 Å². The molecule has 0 N–H and O–H groups in total. The fourth-order valence-electron chi connectivity index (χ4n) is 1.97. The summed E-state index contributed by atoms with van der Waals surface area (Å²) in [5.74, 6) is 2.68. The second-order valence-corrected chi connectivity index (χ2v) is 4.04. The van der Waals surface area contributed by atoms with Crippen LogP contribution in [-0.2, 0) is 0 Å². The third-order valence-corrected chi connectivity index (χ3v) is 3.01. The van der Waals surface area contributed by atoms with Gasteiger partial charge in [-0.2, -0.15) is 0 Å². The van der Waals surface area contributed by atoms with Gasteiger partial charge in [0.05, 0.1) is 34.5 Å². The molecule has 0 saturated carbocycles. The molecule has 0 saturated heterocycles. The van der Waals surface area contributed by atoms with Gasteiger partial charge in [-0.3, -0.25) is 0 Å². The molecule has 0 heterocycles. The lowest BCUT2D eigenvalue weighted by Crippen LogP contribution is -1.94. The average molecular weight is 273 g/mol. The van der Waals surface area contributed by atoms with Crippen LogP contribution >= 0.6 is 0 Å². The molecule has 0 amide bonds. The Morgan fingerprint density at radius 2 is 1.50 bits per heavy atom. The first-order chi connectivity index (χ1) is 9.73. The van der Waals surface area contributed by atoms with Crippen molar-refractivity contribution < 1.29 is 18.9 Å². The lowest BCUT2D eigenvalue weighted by atomic mass is 10.0. The first-order valence-electron chi connectivity index (χ1n) is 6.10. The van der Waals surface area contributed by atoms with Crippen LogP contribution in [0.15, 0.2) is 30.3 Å². The van der Waals surface area contributed by atoms with Crippen LogP contribution in [0.4, 0.5) is 0 Å². The molecule has 2 aromatic rings. The number of benzene rings is 2. The van der Waals surface area contributed by atoms with Crippen molar-refractivity contribution in [3.8, 4) is 34.1 Å². The zero-order chi connectivity index (χ0) is 14.5. The first kappa shape index (κ1) is 14.1.